The van der Waals surface area contributed by atoms with Gasteiger partial charge in [-0.3, -0.25) is 14.4 Å². The van der Waals surface area contributed by atoms with Crippen LogP contribution in [0.25, 0.3) is 0 Å². The first-order valence-electron chi connectivity index (χ1n) is 8.69. The van der Waals surface area contributed by atoms with Crippen LogP contribution in [0.5, 0.6) is 0 Å². The van der Waals surface area contributed by atoms with Gasteiger partial charge in [0.1, 0.15) is 12.3 Å². The predicted octanol–water partition coefficient (Wildman–Crippen LogP) is -0.754. The molecule has 0 saturated carbocycles. The van der Waals surface area contributed by atoms with Crippen molar-refractivity contribution in [3.63, 3.8) is 0 Å². The molecule has 2 saturated heterocycles. The Morgan fingerprint density at radius 3 is 2.65 bits per heavy atom. The minimum Gasteiger partial charge on any atom is -0.371 e. The molecule has 2 fully saturated rings. The Morgan fingerprint density at radius 2 is 1.96 bits per heavy atom. The number of hydrogen-bond acceptors (Lipinski definition) is 5. The summed E-state index contributed by atoms with van der Waals surface area (Å²) in [6.45, 7) is 2.03. The molecule has 2 aliphatic heterocycles. The van der Waals surface area contributed by atoms with E-state index < -0.39 is 0 Å². The molecule has 0 N–H and O–H groups in total. The van der Waals surface area contributed by atoms with Gasteiger partial charge in [-0.25, -0.2) is 0 Å². The van der Waals surface area contributed by atoms with Crippen molar-refractivity contribution in [2.75, 3.05) is 54.0 Å². The van der Waals surface area contributed by atoms with E-state index in [1.54, 1.807) is 36.0 Å². The minimum atomic E-state index is -0.353. The quantitative estimate of drug-likeness (QED) is 0.692. The highest BCUT2D eigenvalue weighted by Crippen LogP contribution is 2.36. The van der Waals surface area contributed by atoms with E-state index in [4.69, 9.17) is 4.74 Å². The number of rotatable bonds is 2. The van der Waals surface area contributed by atoms with Crippen molar-refractivity contribution in [3.05, 3.63) is 34.2 Å². The van der Waals surface area contributed by atoms with Gasteiger partial charge in [-0.05, 0) is 20.2 Å². The molecule has 1 aromatic rings. The van der Waals surface area contributed by atoms with Crippen LogP contribution in [0.3, 0.4) is 0 Å². The van der Waals surface area contributed by atoms with Gasteiger partial charge in [0.25, 0.3) is 11.5 Å². The summed E-state index contributed by atoms with van der Waals surface area (Å²) >= 11 is 0. The van der Waals surface area contributed by atoms with Gasteiger partial charge in [0, 0.05) is 51.3 Å². The van der Waals surface area contributed by atoms with Gasteiger partial charge in [0.15, 0.2) is 0 Å². The average Bonchev–Trinajstić information content (AvgIpc) is 2.89. The van der Waals surface area contributed by atoms with Crippen LogP contribution in [0, 0.1) is 5.41 Å². The van der Waals surface area contributed by atoms with Crippen LogP contribution < -0.4 is 5.56 Å². The number of pyridine rings is 1. The SMILES string of the molecule is CN1C[C@]2(COCC1=O)CN(C(=O)c1cccc(=O)n1C)C[C@H]2N(C)C. The molecule has 8 nitrogen and oxygen atoms in total. The van der Waals surface area contributed by atoms with E-state index in [2.05, 4.69) is 4.90 Å². The topological polar surface area (TPSA) is 75.1 Å². The van der Waals surface area contributed by atoms with Gasteiger partial charge < -0.3 is 24.0 Å². The molecule has 0 bridgehead atoms. The summed E-state index contributed by atoms with van der Waals surface area (Å²) in [4.78, 5) is 42.5. The highest BCUT2D eigenvalue weighted by molar-refractivity contribution is 5.93. The van der Waals surface area contributed by atoms with Gasteiger partial charge in [0.05, 0.1) is 6.61 Å². The lowest BCUT2D eigenvalue weighted by molar-refractivity contribution is -0.132. The normalized spacial score (nSPS) is 26.7. The first-order valence-corrected chi connectivity index (χ1v) is 8.69. The lowest BCUT2D eigenvalue weighted by Crippen LogP contribution is -2.51. The first kappa shape index (κ1) is 18.6. The molecule has 142 valence electrons. The van der Waals surface area contributed by atoms with Crippen molar-refractivity contribution in [2.45, 2.75) is 6.04 Å². The Hall–Kier alpha value is -2.19. The van der Waals surface area contributed by atoms with Crippen molar-refractivity contribution in [1.29, 1.82) is 0 Å². The first-order chi connectivity index (χ1) is 12.2. The van der Waals surface area contributed by atoms with Crippen molar-refractivity contribution < 1.29 is 14.3 Å². The van der Waals surface area contributed by atoms with Crippen molar-refractivity contribution in [1.82, 2.24) is 19.3 Å². The molecular weight excluding hydrogens is 336 g/mol. The standard InChI is InChI=1S/C18H26N4O4/c1-19(2)14-8-22(17(25)13-6-5-7-15(23)21(13)4)11-18(14)10-20(3)16(24)9-26-12-18/h5-7,14H,8-12H2,1-4H3/t14-,18-/m1/s1. The van der Waals surface area contributed by atoms with Gasteiger partial charge in [-0.2, -0.15) is 0 Å². The fourth-order valence-corrected chi connectivity index (χ4v) is 4.11. The lowest BCUT2D eigenvalue weighted by atomic mass is 9.82. The molecule has 26 heavy (non-hydrogen) atoms. The van der Waals surface area contributed by atoms with Crippen LogP contribution in [-0.4, -0.2) is 91.1 Å². The van der Waals surface area contributed by atoms with Gasteiger partial charge in [-0.1, -0.05) is 6.07 Å². The summed E-state index contributed by atoms with van der Waals surface area (Å²) in [6.07, 6.45) is 0. The third kappa shape index (κ3) is 3.14. The van der Waals surface area contributed by atoms with Gasteiger partial charge in [-0.15, -0.1) is 0 Å². The second kappa shape index (κ2) is 6.85. The van der Waals surface area contributed by atoms with Crippen LogP contribution in [-0.2, 0) is 16.6 Å². The fraction of sp³-hybridized carbons (Fsp3) is 0.611. The zero-order valence-electron chi connectivity index (χ0n) is 15.8. The zero-order valence-corrected chi connectivity index (χ0v) is 15.8. The van der Waals surface area contributed by atoms with E-state index >= 15 is 0 Å². The number of nitrogens with zero attached hydrogens (tertiary/aromatic N) is 4. The monoisotopic (exact) mass is 362 g/mol. The second-order valence-electron chi connectivity index (χ2n) is 7.58. The molecule has 3 rings (SSSR count). The summed E-state index contributed by atoms with van der Waals surface area (Å²) in [6, 6.07) is 4.76. The highest BCUT2D eigenvalue weighted by atomic mass is 16.5. The number of likely N-dealkylation sites (N-methyl/N-ethyl adjacent to an activating group) is 2. The number of carbonyl (C=O) groups is 2. The molecule has 0 aromatic carbocycles. The molecule has 3 heterocycles. The summed E-state index contributed by atoms with van der Waals surface area (Å²) in [5.74, 6) is -0.221. The Labute approximate surface area is 152 Å². The molecule has 0 radical (unpaired) electrons. The second-order valence-corrected chi connectivity index (χ2v) is 7.58. The smallest absolute Gasteiger partial charge is 0.270 e. The van der Waals surface area contributed by atoms with Crippen LogP contribution in [0.2, 0.25) is 0 Å². The molecule has 8 heteroatoms. The number of carbonyl (C=O) groups excluding carboxylic acids is 2. The molecule has 2 aliphatic rings. The van der Waals surface area contributed by atoms with Gasteiger partial charge in [0.2, 0.25) is 5.91 Å². The summed E-state index contributed by atoms with van der Waals surface area (Å²) < 4.78 is 7.03. The van der Waals surface area contributed by atoms with Crippen LogP contribution in [0.1, 0.15) is 10.5 Å². The third-order valence-electron chi connectivity index (χ3n) is 5.51. The maximum Gasteiger partial charge on any atom is 0.270 e. The lowest BCUT2D eigenvalue weighted by Gasteiger charge is -2.37. The van der Waals surface area contributed by atoms with Gasteiger partial charge >= 0.3 is 0 Å². The molecule has 1 aromatic heterocycles. The Balaban J connectivity index is 1.92. The van der Waals surface area contributed by atoms with Crippen LogP contribution >= 0.6 is 0 Å². The number of likely N-dealkylation sites (tertiary alicyclic amines) is 1. The number of ether oxygens (including phenoxy) is 1. The van der Waals surface area contributed by atoms with E-state index in [0.717, 1.165) is 0 Å². The van der Waals surface area contributed by atoms with E-state index in [-0.39, 0.29) is 35.4 Å². The maximum absolute atomic E-state index is 13.1. The maximum atomic E-state index is 13.1. The number of hydrogen-bond donors (Lipinski definition) is 0. The molecule has 2 atom stereocenters. The molecule has 1 spiro atoms. The Bertz CT molecular complexity index is 775. The average molecular weight is 362 g/mol. The molecular formula is C18H26N4O4. The summed E-state index contributed by atoms with van der Waals surface area (Å²) in [5.41, 5.74) is -0.198. The minimum absolute atomic E-state index is 0.0467. The molecule has 2 amide bonds. The van der Waals surface area contributed by atoms with Crippen molar-refractivity contribution >= 4 is 11.8 Å². The Kier molecular flexibility index (Phi) is 4.90. The zero-order chi connectivity index (χ0) is 19.1. The van der Waals surface area contributed by atoms with E-state index in [9.17, 15) is 14.4 Å². The summed E-state index contributed by atoms with van der Waals surface area (Å²) in [5, 5.41) is 0. The van der Waals surface area contributed by atoms with E-state index in [0.29, 0.717) is 31.9 Å². The Morgan fingerprint density at radius 1 is 1.23 bits per heavy atom. The summed E-state index contributed by atoms with van der Waals surface area (Å²) in [7, 11) is 7.33. The molecule has 0 unspecified atom stereocenters. The fourth-order valence-electron chi connectivity index (χ4n) is 4.11. The molecule has 0 aliphatic carbocycles. The largest absolute Gasteiger partial charge is 0.371 e. The number of amides is 2. The van der Waals surface area contributed by atoms with Crippen molar-refractivity contribution in [2.24, 2.45) is 12.5 Å². The van der Waals surface area contributed by atoms with Crippen LogP contribution in [0.4, 0.5) is 0 Å². The van der Waals surface area contributed by atoms with Crippen LogP contribution in [0.15, 0.2) is 23.0 Å². The third-order valence-corrected chi connectivity index (χ3v) is 5.51. The van der Waals surface area contributed by atoms with E-state index in [1.807, 2.05) is 14.1 Å². The van der Waals surface area contributed by atoms with E-state index in [1.165, 1.54) is 10.6 Å². The number of aromatic nitrogens is 1. The van der Waals surface area contributed by atoms with Crippen molar-refractivity contribution in [3.8, 4) is 0 Å². The highest BCUT2D eigenvalue weighted by Gasteiger charge is 2.51. The predicted molar refractivity (Wildman–Crippen MR) is 96.0 cm³/mol.